The average Bonchev–Trinajstić information content (AvgIpc) is 3.20. The van der Waals surface area contributed by atoms with Crippen molar-refractivity contribution >= 4 is 21.4 Å². The number of carbonyl (C=O) groups excluding carboxylic acids is 1. The first-order valence-electron chi connectivity index (χ1n) is 11.4. The van der Waals surface area contributed by atoms with E-state index in [1.54, 1.807) is 55.5 Å². The van der Waals surface area contributed by atoms with Crippen molar-refractivity contribution in [1.29, 1.82) is 0 Å². The third kappa shape index (κ3) is 5.35. The minimum Gasteiger partial charge on any atom is -0.441 e. The minimum atomic E-state index is -3.55. The van der Waals surface area contributed by atoms with E-state index in [0.717, 1.165) is 28.8 Å². The summed E-state index contributed by atoms with van der Waals surface area (Å²) in [4.78, 5) is 17.5. The zero-order valence-corrected chi connectivity index (χ0v) is 21.1. The Labute approximate surface area is 206 Å². The topological polar surface area (TPSA) is 89.3 Å². The van der Waals surface area contributed by atoms with Crippen molar-refractivity contribution < 1.29 is 17.6 Å². The molecule has 3 aromatic carbocycles. The molecule has 6 nitrogen and oxygen atoms in total. The quantitative estimate of drug-likeness (QED) is 0.342. The van der Waals surface area contributed by atoms with Gasteiger partial charge in [0.2, 0.25) is 5.89 Å². The lowest BCUT2D eigenvalue weighted by Crippen LogP contribution is -2.14. The van der Waals surface area contributed by atoms with E-state index in [1.807, 2.05) is 32.0 Å². The van der Waals surface area contributed by atoms with Crippen molar-refractivity contribution in [3.8, 4) is 11.5 Å². The molecule has 0 bridgehead atoms. The van der Waals surface area contributed by atoms with E-state index < -0.39 is 9.84 Å². The molecule has 1 aromatic heterocycles. The van der Waals surface area contributed by atoms with Crippen molar-refractivity contribution in [1.82, 2.24) is 4.98 Å². The Bertz CT molecular complexity index is 1470. The van der Waals surface area contributed by atoms with Gasteiger partial charge in [-0.05, 0) is 74.7 Å². The molecule has 1 N–H and O–H groups in total. The van der Waals surface area contributed by atoms with E-state index in [4.69, 9.17) is 4.42 Å². The smallest absolute Gasteiger partial charge is 0.255 e. The van der Waals surface area contributed by atoms with Gasteiger partial charge >= 0.3 is 0 Å². The van der Waals surface area contributed by atoms with Crippen LogP contribution in [0, 0.1) is 20.8 Å². The number of hydrogen-bond acceptors (Lipinski definition) is 5. The van der Waals surface area contributed by atoms with Gasteiger partial charge in [0.05, 0.1) is 10.6 Å². The highest BCUT2D eigenvalue weighted by Crippen LogP contribution is 2.26. The van der Waals surface area contributed by atoms with Gasteiger partial charge < -0.3 is 9.73 Å². The first-order chi connectivity index (χ1) is 16.7. The summed E-state index contributed by atoms with van der Waals surface area (Å²) in [6.45, 7) is 7.63. The lowest BCUT2D eigenvalue weighted by atomic mass is 10.0. The van der Waals surface area contributed by atoms with Crippen molar-refractivity contribution in [3.05, 3.63) is 100 Å². The number of nitrogens with one attached hydrogen (secondary N) is 1. The Morgan fingerprint density at radius 2 is 1.63 bits per heavy atom. The van der Waals surface area contributed by atoms with E-state index >= 15 is 0 Å². The van der Waals surface area contributed by atoms with E-state index in [1.165, 1.54) is 0 Å². The molecule has 7 heteroatoms. The Morgan fingerprint density at radius 3 is 2.29 bits per heavy atom. The molecule has 0 fully saturated rings. The van der Waals surface area contributed by atoms with Crippen LogP contribution in [0.25, 0.3) is 11.5 Å². The molecule has 0 atom stereocenters. The Morgan fingerprint density at radius 1 is 0.943 bits per heavy atom. The van der Waals surface area contributed by atoms with Crippen LogP contribution in [0.1, 0.15) is 45.4 Å². The fourth-order valence-corrected chi connectivity index (χ4v) is 5.19. The highest BCUT2D eigenvalue weighted by Gasteiger charge is 2.21. The van der Waals surface area contributed by atoms with Gasteiger partial charge in [-0.2, -0.15) is 0 Å². The summed E-state index contributed by atoms with van der Waals surface area (Å²) in [6.07, 6.45) is 0.821. The molecule has 35 heavy (non-hydrogen) atoms. The molecule has 0 radical (unpaired) electrons. The first kappa shape index (κ1) is 24.4. The highest BCUT2D eigenvalue weighted by atomic mass is 32.2. The van der Waals surface area contributed by atoms with Crippen molar-refractivity contribution in [3.63, 3.8) is 0 Å². The maximum atomic E-state index is 12.8. The fourth-order valence-electron chi connectivity index (χ4n) is 3.85. The van der Waals surface area contributed by atoms with Gasteiger partial charge in [-0.25, -0.2) is 13.4 Å². The highest BCUT2D eigenvalue weighted by molar-refractivity contribution is 7.90. The standard InChI is InChI=1S/C28H28N2O4S/c1-5-21-8-6-7-19(3)26(21)30-27(31)22-11-13-23(14-12-22)28-29-25(20(4)34-28)17-35(32,33)24-15-9-18(2)10-16-24/h6-16H,5,17H2,1-4H3,(H,30,31). The van der Waals surface area contributed by atoms with E-state index in [9.17, 15) is 13.2 Å². The molecule has 0 aliphatic carbocycles. The third-order valence-corrected chi connectivity index (χ3v) is 7.62. The van der Waals surface area contributed by atoms with Crippen molar-refractivity contribution in [2.24, 2.45) is 0 Å². The number of aromatic nitrogens is 1. The zero-order valence-electron chi connectivity index (χ0n) is 20.3. The predicted octanol–water partition coefficient (Wildman–Crippen LogP) is 6.06. The number of amides is 1. The number of nitrogens with zero attached hydrogens (tertiary/aromatic N) is 1. The molecule has 0 saturated carbocycles. The molecule has 1 amide bonds. The fraction of sp³-hybridized carbons (Fsp3) is 0.214. The van der Waals surface area contributed by atoms with Crippen molar-refractivity contribution in [2.45, 2.75) is 44.8 Å². The second kappa shape index (κ2) is 9.88. The predicted molar refractivity (Wildman–Crippen MR) is 137 cm³/mol. The largest absolute Gasteiger partial charge is 0.441 e. The number of sulfone groups is 1. The van der Waals surface area contributed by atoms with Gasteiger partial charge in [-0.3, -0.25) is 4.79 Å². The van der Waals surface area contributed by atoms with Gasteiger partial charge in [-0.15, -0.1) is 0 Å². The Balaban J connectivity index is 1.52. The Hall–Kier alpha value is -3.71. The van der Waals surface area contributed by atoms with Gasteiger partial charge in [0.25, 0.3) is 5.91 Å². The lowest BCUT2D eigenvalue weighted by molar-refractivity contribution is 0.102. The normalized spacial score (nSPS) is 11.4. The molecular formula is C28H28N2O4S. The van der Waals surface area contributed by atoms with Crippen LogP contribution in [0.3, 0.4) is 0 Å². The summed E-state index contributed by atoms with van der Waals surface area (Å²) in [5, 5.41) is 3.02. The molecular weight excluding hydrogens is 460 g/mol. The maximum Gasteiger partial charge on any atom is 0.255 e. The summed E-state index contributed by atoms with van der Waals surface area (Å²) < 4.78 is 31.4. The van der Waals surface area contributed by atoms with Gasteiger partial charge in [0, 0.05) is 16.8 Å². The molecule has 0 spiro atoms. The van der Waals surface area contributed by atoms with Crippen LogP contribution < -0.4 is 5.32 Å². The monoisotopic (exact) mass is 488 g/mol. The average molecular weight is 489 g/mol. The number of hydrogen-bond donors (Lipinski definition) is 1. The number of aryl methyl sites for hydroxylation is 4. The minimum absolute atomic E-state index is 0.200. The molecule has 0 aliphatic heterocycles. The maximum absolute atomic E-state index is 12.8. The van der Waals surface area contributed by atoms with Gasteiger partial charge in [0.1, 0.15) is 11.5 Å². The molecule has 0 saturated heterocycles. The third-order valence-electron chi connectivity index (χ3n) is 5.97. The van der Waals surface area contributed by atoms with Crippen LogP contribution in [0.15, 0.2) is 76.0 Å². The zero-order chi connectivity index (χ0) is 25.2. The molecule has 1 heterocycles. The molecule has 180 valence electrons. The number of carbonyl (C=O) groups is 1. The molecule has 0 unspecified atom stereocenters. The summed E-state index contributed by atoms with van der Waals surface area (Å²) in [6, 6.07) is 19.6. The summed E-state index contributed by atoms with van der Waals surface area (Å²) in [5.41, 5.74) is 5.46. The first-order valence-corrected chi connectivity index (χ1v) is 13.1. The summed E-state index contributed by atoms with van der Waals surface area (Å²) >= 11 is 0. The van der Waals surface area contributed by atoms with Crippen LogP contribution in [-0.2, 0) is 22.0 Å². The second-order valence-corrected chi connectivity index (χ2v) is 10.6. The molecule has 4 rings (SSSR count). The van der Waals surface area contributed by atoms with Gasteiger partial charge in [0.15, 0.2) is 9.84 Å². The summed E-state index contributed by atoms with van der Waals surface area (Å²) in [7, 11) is -3.55. The summed E-state index contributed by atoms with van der Waals surface area (Å²) in [5.74, 6) is 0.316. The molecule has 0 aliphatic rings. The Kier molecular flexibility index (Phi) is 6.89. The van der Waals surface area contributed by atoms with Crippen LogP contribution in [0.2, 0.25) is 0 Å². The number of benzene rings is 3. The lowest BCUT2D eigenvalue weighted by Gasteiger charge is -2.13. The van der Waals surface area contributed by atoms with Crippen LogP contribution >= 0.6 is 0 Å². The van der Waals surface area contributed by atoms with Crippen molar-refractivity contribution in [2.75, 3.05) is 5.32 Å². The number of para-hydroxylation sites is 1. The number of rotatable bonds is 7. The molecule has 4 aromatic rings. The van der Waals surface area contributed by atoms with Gasteiger partial charge in [-0.1, -0.05) is 42.8 Å². The second-order valence-electron chi connectivity index (χ2n) is 8.59. The van der Waals surface area contributed by atoms with E-state index in [0.29, 0.717) is 28.5 Å². The SMILES string of the molecule is CCc1cccc(C)c1NC(=O)c1ccc(-c2nc(CS(=O)(=O)c3ccc(C)cc3)c(C)o2)cc1. The van der Waals surface area contributed by atoms with E-state index in [-0.39, 0.29) is 16.6 Å². The van der Waals surface area contributed by atoms with Crippen LogP contribution in [0.5, 0.6) is 0 Å². The van der Waals surface area contributed by atoms with E-state index in [2.05, 4.69) is 17.2 Å². The number of oxazole rings is 1. The van der Waals surface area contributed by atoms with Crippen LogP contribution in [-0.4, -0.2) is 19.3 Å². The van der Waals surface area contributed by atoms with Crippen LogP contribution in [0.4, 0.5) is 5.69 Å². The number of anilines is 1.